The summed E-state index contributed by atoms with van der Waals surface area (Å²) in [5, 5.41) is 6.89. The van der Waals surface area contributed by atoms with E-state index < -0.39 is 15.9 Å². The van der Waals surface area contributed by atoms with E-state index in [1.807, 2.05) is 18.2 Å². The average Bonchev–Trinajstić information content (AvgIpc) is 2.71. The average molecular weight is 453 g/mol. The molecule has 0 fully saturated rings. The van der Waals surface area contributed by atoms with Gasteiger partial charge in [0.2, 0.25) is 10.0 Å². The zero-order chi connectivity index (χ0) is 22.1. The number of carbonyl (C=O) groups excluding carboxylic acids is 1. The molecule has 0 aliphatic heterocycles. The number of nitrogens with two attached hydrogens (primary N) is 1. The minimum atomic E-state index is -3.54. The Morgan fingerprint density at radius 1 is 1.13 bits per heavy atom. The number of amidine groups is 1. The summed E-state index contributed by atoms with van der Waals surface area (Å²) in [6.07, 6.45) is 0.295. The molecule has 0 heterocycles. The summed E-state index contributed by atoms with van der Waals surface area (Å²) in [4.78, 5) is 17.1. The number of oxime groups is 1. The Hall–Kier alpha value is -2.62. The molecule has 2 rings (SSSR count). The van der Waals surface area contributed by atoms with Crippen LogP contribution in [0.15, 0.2) is 58.6 Å². The number of rotatable bonds is 10. The van der Waals surface area contributed by atoms with E-state index in [4.69, 9.17) is 22.2 Å². The summed E-state index contributed by atoms with van der Waals surface area (Å²) in [5.41, 5.74) is 7.03. The number of nitrogens with one attached hydrogen (secondary N) is 1. The van der Waals surface area contributed by atoms with Gasteiger partial charge >= 0.3 is 0 Å². The lowest BCUT2D eigenvalue weighted by Gasteiger charge is -2.18. The lowest BCUT2D eigenvalue weighted by atomic mass is 10.1. The van der Waals surface area contributed by atoms with Crippen LogP contribution in [0.3, 0.4) is 0 Å². The van der Waals surface area contributed by atoms with Crippen molar-refractivity contribution in [1.29, 1.82) is 0 Å². The van der Waals surface area contributed by atoms with Gasteiger partial charge in [-0.3, -0.25) is 4.79 Å². The second kappa shape index (κ2) is 11.0. The van der Waals surface area contributed by atoms with E-state index >= 15 is 0 Å². The Morgan fingerprint density at radius 3 is 2.37 bits per heavy atom. The molecule has 0 aliphatic rings. The predicted octanol–water partition coefficient (Wildman–Crippen LogP) is 2.84. The van der Waals surface area contributed by atoms with Gasteiger partial charge < -0.3 is 15.9 Å². The number of hydrogen-bond donors (Lipinski definition) is 2. The second-order valence-corrected chi connectivity index (χ2v) is 8.63. The van der Waals surface area contributed by atoms with E-state index in [9.17, 15) is 13.2 Å². The van der Waals surface area contributed by atoms with Crippen LogP contribution in [0.1, 0.15) is 19.4 Å². The maximum absolute atomic E-state index is 12.5. The number of nitrogens with zero attached hydrogens (tertiary/aromatic N) is 2. The highest BCUT2D eigenvalue weighted by atomic mass is 35.5. The van der Waals surface area contributed by atoms with Gasteiger partial charge in [0.05, 0.1) is 4.90 Å². The molecule has 0 bridgehead atoms. The van der Waals surface area contributed by atoms with Crippen molar-refractivity contribution < 1.29 is 18.0 Å². The minimum absolute atomic E-state index is 0.164. The molecule has 10 heteroatoms. The molecule has 30 heavy (non-hydrogen) atoms. The lowest BCUT2D eigenvalue weighted by molar-refractivity contribution is -0.120. The fraction of sp³-hybridized carbons (Fsp3) is 0.300. The molecule has 0 saturated carbocycles. The van der Waals surface area contributed by atoms with Crippen LogP contribution in [0.2, 0.25) is 5.02 Å². The van der Waals surface area contributed by atoms with Crippen LogP contribution in [0.5, 0.6) is 0 Å². The van der Waals surface area contributed by atoms with Gasteiger partial charge in [-0.05, 0) is 35.9 Å². The van der Waals surface area contributed by atoms with Crippen molar-refractivity contribution in [3.05, 3.63) is 59.1 Å². The molecule has 0 radical (unpaired) electrons. The van der Waals surface area contributed by atoms with Crippen molar-refractivity contribution in [3.8, 4) is 0 Å². The largest absolute Gasteiger partial charge is 0.384 e. The van der Waals surface area contributed by atoms with Crippen molar-refractivity contribution >= 4 is 39.1 Å². The van der Waals surface area contributed by atoms with Gasteiger partial charge in [0.25, 0.3) is 5.91 Å². The summed E-state index contributed by atoms with van der Waals surface area (Å²) >= 11 is 6.06. The van der Waals surface area contributed by atoms with Crippen LogP contribution >= 0.6 is 11.6 Å². The van der Waals surface area contributed by atoms with E-state index in [1.165, 1.54) is 28.6 Å². The standard InChI is InChI=1S/C20H25ClN4O4S/c1-3-25(4-2)30(27,28)17-11-9-16(10-12-17)23-20(26)14-29-24-19(22)13-15-7-5-6-8-18(15)21/h5-12H,3-4,13-14H2,1-2H3,(H2,22,24)(H,23,26). The third kappa shape index (κ3) is 6.45. The lowest BCUT2D eigenvalue weighted by Crippen LogP contribution is -2.30. The van der Waals surface area contributed by atoms with Gasteiger partial charge in [-0.25, -0.2) is 8.42 Å². The number of sulfonamides is 1. The molecular formula is C20H25ClN4O4S. The second-order valence-electron chi connectivity index (χ2n) is 6.29. The van der Waals surface area contributed by atoms with Gasteiger partial charge in [-0.2, -0.15) is 4.31 Å². The van der Waals surface area contributed by atoms with Gasteiger partial charge in [-0.1, -0.05) is 48.8 Å². The fourth-order valence-electron chi connectivity index (χ4n) is 2.66. The smallest absolute Gasteiger partial charge is 0.265 e. The number of benzene rings is 2. The van der Waals surface area contributed by atoms with E-state index in [0.717, 1.165) is 5.56 Å². The molecule has 1 amide bonds. The van der Waals surface area contributed by atoms with Gasteiger partial charge in [0, 0.05) is 30.2 Å². The van der Waals surface area contributed by atoms with Gasteiger partial charge in [0.15, 0.2) is 6.61 Å². The van der Waals surface area contributed by atoms with Crippen molar-refractivity contribution in [2.45, 2.75) is 25.2 Å². The molecule has 2 aromatic rings. The zero-order valence-corrected chi connectivity index (χ0v) is 18.4. The van der Waals surface area contributed by atoms with Crippen LogP contribution < -0.4 is 11.1 Å². The summed E-state index contributed by atoms with van der Waals surface area (Å²) in [5.74, 6) is -0.273. The summed E-state index contributed by atoms with van der Waals surface area (Å²) in [6.45, 7) is 3.98. The number of halogens is 1. The first kappa shape index (κ1) is 23.7. The summed E-state index contributed by atoms with van der Waals surface area (Å²) < 4.78 is 26.3. The van der Waals surface area contributed by atoms with Crippen LogP contribution in [0.25, 0.3) is 0 Å². The first-order valence-electron chi connectivity index (χ1n) is 9.35. The molecule has 162 valence electrons. The molecule has 0 aliphatic carbocycles. The summed E-state index contributed by atoms with van der Waals surface area (Å²) in [7, 11) is -3.54. The normalized spacial score (nSPS) is 12.1. The maximum atomic E-state index is 12.5. The highest BCUT2D eigenvalue weighted by molar-refractivity contribution is 7.89. The first-order chi connectivity index (χ1) is 14.3. The quantitative estimate of drug-likeness (QED) is 0.327. The number of hydrogen-bond acceptors (Lipinski definition) is 5. The van der Waals surface area contributed by atoms with E-state index in [0.29, 0.717) is 30.2 Å². The molecule has 0 saturated heterocycles. The van der Waals surface area contributed by atoms with Crippen molar-refractivity contribution in [1.82, 2.24) is 4.31 Å². The molecule has 0 unspecified atom stereocenters. The van der Waals surface area contributed by atoms with Crippen LogP contribution in [0, 0.1) is 0 Å². The highest BCUT2D eigenvalue weighted by Crippen LogP contribution is 2.18. The van der Waals surface area contributed by atoms with Crippen molar-refractivity contribution in [2.24, 2.45) is 10.9 Å². The molecule has 2 aromatic carbocycles. The minimum Gasteiger partial charge on any atom is -0.384 e. The molecule has 0 atom stereocenters. The van der Waals surface area contributed by atoms with E-state index in [-0.39, 0.29) is 17.3 Å². The van der Waals surface area contributed by atoms with Crippen LogP contribution in [0.4, 0.5) is 5.69 Å². The first-order valence-corrected chi connectivity index (χ1v) is 11.2. The Kier molecular flexibility index (Phi) is 8.64. The Balaban J connectivity index is 1.88. The Morgan fingerprint density at radius 2 is 1.77 bits per heavy atom. The number of anilines is 1. The third-order valence-electron chi connectivity index (χ3n) is 4.19. The molecule has 8 nitrogen and oxygen atoms in total. The Labute approximate surface area is 181 Å². The molecule has 0 aromatic heterocycles. The highest BCUT2D eigenvalue weighted by Gasteiger charge is 2.21. The third-order valence-corrected chi connectivity index (χ3v) is 6.62. The molecular weight excluding hydrogens is 428 g/mol. The topological polar surface area (TPSA) is 114 Å². The number of amides is 1. The van der Waals surface area contributed by atoms with Crippen LogP contribution in [-0.4, -0.2) is 44.2 Å². The predicted molar refractivity (Wildman–Crippen MR) is 118 cm³/mol. The molecule has 0 spiro atoms. The van der Waals surface area contributed by atoms with Gasteiger partial charge in [-0.15, -0.1) is 0 Å². The maximum Gasteiger partial charge on any atom is 0.265 e. The van der Waals surface area contributed by atoms with Crippen molar-refractivity contribution in [2.75, 3.05) is 25.0 Å². The SMILES string of the molecule is CCN(CC)S(=O)(=O)c1ccc(NC(=O)CO/N=C(/N)Cc2ccccc2Cl)cc1. The monoisotopic (exact) mass is 452 g/mol. The molecule has 3 N–H and O–H groups in total. The van der Waals surface area contributed by atoms with Gasteiger partial charge in [0.1, 0.15) is 5.84 Å². The van der Waals surface area contributed by atoms with Crippen LogP contribution in [-0.2, 0) is 26.1 Å². The Bertz CT molecular complexity index is 990. The van der Waals surface area contributed by atoms with E-state index in [2.05, 4.69) is 10.5 Å². The van der Waals surface area contributed by atoms with E-state index in [1.54, 1.807) is 19.9 Å². The fourth-order valence-corrected chi connectivity index (χ4v) is 4.32. The zero-order valence-electron chi connectivity index (χ0n) is 16.8. The number of carbonyl (C=O) groups is 1. The van der Waals surface area contributed by atoms with Crippen molar-refractivity contribution in [3.63, 3.8) is 0 Å². The summed E-state index contributed by atoms with van der Waals surface area (Å²) in [6, 6.07) is 13.1.